The highest BCUT2D eigenvalue weighted by atomic mass is 19.1. The van der Waals surface area contributed by atoms with Crippen molar-refractivity contribution in [1.82, 2.24) is 19.5 Å². The number of hydrogen-bond acceptors (Lipinski definition) is 7. The molecule has 4 rings (SSSR count). The Labute approximate surface area is 191 Å². The summed E-state index contributed by atoms with van der Waals surface area (Å²) in [5.41, 5.74) is 6.50. The summed E-state index contributed by atoms with van der Waals surface area (Å²) in [5, 5.41) is 10.7. The minimum Gasteiger partial charge on any atom is -0.469 e. The largest absolute Gasteiger partial charge is 0.469 e. The first-order valence-electron chi connectivity index (χ1n) is 11.0. The van der Waals surface area contributed by atoms with Crippen molar-refractivity contribution in [3.05, 3.63) is 35.9 Å². The van der Waals surface area contributed by atoms with Gasteiger partial charge in [-0.1, -0.05) is 24.5 Å². The van der Waals surface area contributed by atoms with E-state index in [0.29, 0.717) is 48.4 Å². The summed E-state index contributed by atoms with van der Waals surface area (Å²) < 4.78 is 20.4. The normalized spacial score (nSPS) is 15.1. The van der Waals surface area contributed by atoms with Crippen LogP contribution in [0.1, 0.15) is 50.8 Å². The molecule has 3 N–H and O–H groups in total. The summed E-state index contributed by atoms with van der Waals surface area (Å²) in [6.45, 7) is 0.380. The van der Waals surface area contributed by atoms with E-state index in [1.807, 2.05) is 0 Å². The highest BCUT2D eigenvalue weighted by molar-refractivity contribution is 5.86. The molecule has 0 bridgehead atoms. The van der Waals surface area contributed by atoms with Crippen LogP contribution in [0.3, 0.4) is 0 Å². The Morgan fingerprint density at radius 2 is 2.06 bits per heavy atom. The number of ether oxygens (including phenoxy) is 1. The van der Waals surface area contributed by atoms with E-state index >= 15 is 0 Å². The molecule has 8 nitrogen and oxygen atoms in total. The molecule has 9 heteroatoms. The quantitative estimate of drug-likeness (QED) is 0.452. The lowest BCUT2D eigenvalue weighted by Crippen LogP contribution is -2.29. The van der Waals surface area contributed by atoms with Crippen LogP contribution < -0.4 is 5.73 Å². The van der Waals surface area contributed by atoms with Gasteiger partial charge in [0.1, 0.15) is 17.2 Å². The van der Waals surface area contributed by atoms with Gasteiger partial charge in [-0.05, 0) is 50.2 Å². The molecule has 1 saturated carbocycles. The molecular weight excluding hydrogens is 425 g/mol. The maximum absolute atomic E-state index is 13.9. The fourth-order valence-electron chi connectivity index (χ4n) is 4.06. The first-order chi connectivity index (χ1) is 15.9. The Balaban J connectivity index is 1.77. The number of nitrogens with zero attached hydrogens (tertiary/aromatic N) is 4. The average Bonchev–Trinajstić information content (AvgIpc) is 3.17. The van der Waals surface area contributed by atoms with Gasteiger partial charge in [-0.2, -0.15) is 0 Å². The molecule has 1 fully saturated rings. The summed E-state index contributed by atoms with van der Waals surface area (Å²) in [7, 11) is 1.34. The van der Waals surface area contributed by atoms with Gasteiger partial charge >= 0.3 is 5.97 Å². The van der Waals surface area contributed by atoms with E-state index < -0.39 is 11.4 Å². The van der Waals surface area contributed by atoms with Crippen LogP contribution in [0, 0.1) is 17.7 Å². The van der Waals surface area contributed by atoms with Crippen LogP contribution in [0.25, 0.3) is 22.6 Å². The molecule has 0 amide bonds. The minimum absolute atomic E-state index is 0.143. The SMILES string of the molecule is COC(=O)CCCn1c(-c2cccc(F)c2)nc2c(N)nc(C#CC3(O)CCCCC3)nc21. The van der Waals surface area contributed by atoms with Gasteiger partial charge in [0.25, 0.3) is 0 Å². The fraction of sp³-hybridized carbons (Fsp3) is 0.417. The van der Waals surface area contributed by atoms with Gasteiger partial charge < -0.3 is 20.1 Å². The number of anilines is 1. The number of carbonyl (C=O) groups excluding carboxylic acids is 1. The fourth-order valence-corrected chi connectivity index (χ4v) is 4.06. The minimum atomic E-state index is -1.04. The Morgan fingerprint density at radius 1 is 1.27 bits per heavy atom. The van der Waals surface area contributed by atoms with Gasteiger partial charge in [-0.15, -0.1) is 0 Å². The molecule has 0 aliphatic heterocycles. The number of nitrogens with two attached hydrogens (primary N) is 1. The molecule has 0 unspecified atom stereocenters. The summed E-state index contributed by atoms with van der Waals surface area (Å²) in [6, 6.07) is 6.07. The second kappa shape index (κ2) is 9.55. The number of rotatable bonds is 5. The van der Waals surface area contributed by atoms with Crippen molar-refractivity contribution < 1.29 is 19.0 Å². The molecule has 0 radical (unpaired) electrons. The van der Waals surface area contributed by atoms with Gasteiger partial charge in [-0.3, -0.25) is 4.79 Å². The maximum Gasteiger partial charge on any atom is 0.305 e. The number of aryl methyl sites for hydroxylation is 1. The van der Waals surface area contributed by atoms with Crippen LogP contribution in [0.5, 0.6) is 0 Å². The third-order valence-corrected chi connectivity index (χ3v) is 5.78. The molecule has 1 aromatic carbocycles. The number of aliphatic hydroxyl groups is 1. The Morgan fingerprint density at radius 3 is 2.79 bits per heavy atom. The van der Waals surface area contributed by atoms with E-state index in [4.69, 9.17) is 10.5 Å². The second-order valence-corrected chi connectivity index (χ2v) is 8.22. The van der Waals surface area contributed by atoms with Crippen molar-refractivity contribution in [3.63, 3.8) is 0 Å². The summed E-state index contributed by atoms with van der Waals surface area (Å²) >= 11 is 0. The van der Waals surface area contributed by atoms with E-state index in [2.05, 4.69) is 26.8 Å². The number of benzene rings is 1. The summed E-state index contributed by atoms with van der Waals surface area (Å²) in [6.07, 6.45) is 4.85. The number of carbonyl (C=O) groups is 1. The highest BCUT2D eigenvalue weighted by Crippen LogP contribution is 2.29. The first-order valence-corrected chi connectivity index (χ1v) is 11.0. The molecule has 0 saturated heterocycles. The number of nitrogen functional groups attached to an aromatic ring is 1. The predicted octanol–water partition coefficient (Wildman–Crippen LogP) is 3.21. The highest BCUT2D eigenvalue weighted by Gasteiger charge is 2.27. The van der Waals surface area contributed by atoms with Gasteiger partial charge in [-0.25, -0.2) is 19.3 Å². The predicted molar refractivity (Wildman–Crippen MR) is 121 cm³/mol. The van der Waals surface area contributed by atoms with Crippen molar-refractivity contribution in [3.8, 4) is 23.2 Å². The number of fused-ring (bicyclic) bond motifs is 1. The molecular formula is C24H26FN5O3. The van der Waals surface area contributed by atoms with Crippen LogP contribution in [-0.4, -0.2) is 43.3 Å². The number of esters is 1. The maximum atomic E-state index is 13.9. The van der Waals surface area contributed by atoms with Crippen LogP contribution in [0.2, 0.25) is 0 Å². The zero-order valence-electron chi connectivity index (χ0n) is 18.5. The lowest BCUT2D eigenvalue weighted by Gasteiger charge is -2.26. The molecule has 1 aliphatic carbocycles. The molecule has 33 heavy (non-hydrogen) atoms. The summed E-state index contributed by atoms with van der Waals surface area (Å²) in [5.74, 6) is 5.87. The van der Waals surface area contributed by atoms with Crippen molar-refractivity contribution >= 4 is 23.0 Å². The molecule has 1 aliphatic rings. The van der Waals surface area contributed by atoms with E-state index in [9.17, 15) is 14.3 Å². The van der Waals surface area contributed by atoms with Crippen LogP contribution in [0.4, 0.5) is 10.2 Å². The zero-order valence-corrected chi connectivity index (χ0v) is 18.5. The second-order valence-electron chi connectivity index (χ2n) is 8.22. The van der Waals surface area contributed by atoms with Crippen molar-refractivity contribution in [2.45, 2.75) is 57.1 Å². The first kappa shape index (κ1) is 22.7. The van der Waals surface area contributed by atoms with E-state index in [0.717, 1.165) is 19.3 Å². The molecule has 2 heterocycles. The van der Waals surface area contributed by atoms with E-state index in [1.165, 1.54) is 19.2 Å². The van der Waals surface area contributed by atoms with Gasteiger partial charge in [0.15, 0.2) is 17.0 Å². The van der Waals surface area contributed by atoms with Crippen molar-refractivity contribution in [1.29, 1.82) is 0 Å². The lowest BCUT2D eigenvalue weighted by molar-refractivity contribution is -0.140. The van der Waals surface area contributed by atoms with Crippen LogP contribution in [0.15, 0.2) is 24.3 Å². The Hall–Kier alpha value is -3.51. The molecule has 172 valence electrons. The number of hydrogen-bond donors (Lipinski definition) is 2. The molecule has 0 spiro atoms. The topological polar surface area (TPSA) is 116 Å². The smallest absolute Gasteiger partial charge is 0.305 e. The van der Waals surface area contributed by atoms with Crippen molar-refractivity contribution in [2.24, 2.45) is 0 Å². The number of aromatic nitrogens is 4. The Bertz CT molecular complexity index is 1240. The lowest BCUT2D eigenvalue weighted by atomic mass is 9.85. The van der Waals surface area contributed by atoms with E-state index in [1.54, 1.807) is 16.7 Å². The number of methoxy groups -OCH3 is 1. The third-order valence-electron chi connectivity index (χ3n) is 5.78. The monoisotopic (exact) mass is 451 g/mol. The standard InChI is InChI=1S/C24H26FN5O3/c1-33-19(31)9-6-14-30-22(16-7-5-8-17(25)15-16)29-20-21(26)27-18(28-23(20)30)10-13-24(32)11-3-2-4-12-24/h5,7-8,15,32H,2-4,6,9,11-12,14H2,1H3,(H2,26,27,28). The Kier molecular flexibility index (Phi) is 6.56. The number of imidazole rings is 1. The molecule has 3 aromatic rings. The van der Waals surface area contributed by atoms with Gasteiger partial charge in [0.05, 0.1) is 7.11 Å². The van der Waals surface area contributed by atoms with E-state index in [-0.39, 0.29) is 24.0 Å². The van der Waals surface area contributed by atoms with Gasteiger partial charge in [0.2, 0.25) is 5.82 Å². The molecule has 0 atom stereocenters. The van der Waals surface area contributed by atoms with Crippen molar-refractivity contribution in [2.75, 3.05) is 12.8 Å². The molecule has 2 aromatic heterocycles. The third kappa shape index (κ3) is 5.12. The van der Waals surface area contributed by atoms with Crippen LogP contribution in [-0.2, 0) is 16.1 Å². The number of halogens is 1. The van der Waals surface area contributed by atoms with Crippen LogP contribution >= 0.6 is 0 Å². The summed E-state index contributed by atoms with van der Waals surface area (Å²) in [4.78, 5) is 25.0. The van der Waals surface area contributed by atoms with Gasteiger partial charge in [0, 0.05) is 18.5 Å². The zero-order chi connectivity index (χ0) is 23.4. The average molecular weight is 452 g/mol.